The molecule has 1 heterocycles. The predicted octanol–water partition coefficient (Wildman–Crippen LogP) is 7.55. The number of rotatable bonds is 8. The van der Waals surface area contributed by atoms with Crippen LogP contribution in [0.1, 0.15) is 78.8 Å². The van der Waals surface area contributed by atoms with Crippen molar-refractivity contribution in [2.24, 2.45) is 5.92 Å². The van der Waals surface area contributed by atoms with Crippen LogP contribution in [0.4, 0.5) is 4.39 Å². The van der Waals surface area contributed by atoms with Gasteiger partial charge in [0.25, 0.3) is 0 Å². The number of halogens is 2. The summed E-state index contributed by atoms with van der Waals surface area (Å²) in [5.41, 5.74) is -1.30. The Kier molecular flexibility index (Phi) is 9.05. The summed E-state index contributed by atoms with van der Waals surface area (Å²) in [6, 6.07) is 9.13. The summed E-state index contributed by atoms with van der Waals surface area (Å²) in [7, 11) is -2.13. The zero-order valence-electron chi connectivity index (χ0n) is 22.9. The van der Waals surface area contributed by atoms with Gasteiger partial charge in [0.15, 0.2) is 14.1 Å². The molecule has 3 rings (SSSR count). The molecule has 1 saturated heterocycles. The molecule has 1 aliphatic rings. The van der Waals surface area contributed by atoms with Crippen molar-refractivity contribution in [3.05, 3.63) is 69.5 Å². The smallest absolute Gasteiger partial charge is 0.339 e. The number of benzene rings is 2. The Balaban J connectivity index is 2.26. The molecule has 2 aromatic rings. The number of carbonyl (C=O) groups excluding carboxylic acids is 2. The highest BCUT2D eigenvalue weighted by molar-refractivity contribution is 6.69. The molecule has 0 spiro atoms. The number of ketones is 1. The first-order chi connectivity index (χ1) is 17.2. The van der Waals surface area contributed by atoms with Crippen LogP contribution in [0.15, 0.2) is 36.4 Å². The van der Waals surface area contributed by atoms with Crippen molar-refractivity contribution in [3.8, 4) is 0 Å². The molecule has 8 heteroatoms. The highest BCUT2D eigenvalue weighted by Gasteiger charge is 2.45. The lowest BCUT2D eigenvalue weighted by atomic mass is 9.74. The van der Waals surface area contributed by atoms with Gasteiger partial charge < -0.3 is 13.9 Å². The van der Waals surface area contributed by atoms with Gasteiger partial charge in [-0.3, -0.25) is 4.79 Å². The molecule has 0 amide bonds. The van der Waals surface area contributed by atoms with Gasteiger partial charge in [-0.25, -0.2) is 9.18 Å². The Bertz CT molecular complexity index is 1130. The molecule has 1 aliphatic heterocycles. The summed E-state index contributed by atoms with van der Waals surface area (Å²) in [6.07, 6.45) is 2.10. The third-order valence-corrected chi connectivity index (χ3v) is 7.65. The van der Waals surface area contributed by atoms with Crippen LogP contribution in [0.2, 0.25) is 24.7 Å². The third-order valence-electron chi connectivity index (χ3n) is 6.43. The highest BCUT2D eigenvalue weighted by atomic mass is 35.5. The van der Waals surface area contributed by atoms with Crippen molar-refractivity contribution in [2.45, 2.75) is 77.8 Å². The lowest BCUT2D eigenvalue weighted by Crippen LogP contribution is -2.47. The summed E-state index contributed by atoms with van der Waals surface area (Å²) >= 11 is 5.98. The molecule has 0 saturated carbocycles. The molecule has 1 fully saturated rings. The van der Waals surface area contributed by atoms with Crippen LogP contribution in [0.5, 0.6) is 0 Å². The highest BCUT2D eigenvalue weighted by Crippen LogP contribution is 2.45. The Labute approximate surface area is 225 Å². The molecular formula is C29H38ClFO5Si. The molecular weight excluding hydrogens is 511 g/mol. The third kappa shape index (κ3) is 7.08. The van der Waals surface area contributed by atoms with Crippen LogP contribution in [-0.4, -0.2) is 38.9 Å². The minimum absolute atomic E-state index is 0.0710. The van der Waals surface area contributed by atoms with E-state index in [0.717, 1.165) is 12.8 Å². The van der Waals surface area contributed by atoms with E-state index in [2.05, 4.69) is 19.6 Å². The first kappa shape index (κ1) is 29.5. The molecule has 1 atom stereocenters. The van der Waals surface area contributed by atoms with E-state index in [4.69, 9.17) is 25.5 Å². The molecule has 37 heavy (non-hydrogen) atoms. The summed E-state index contributed by atoms with van der Waals surface area (Å²) in [4.78, 5) is 26.9. The SMILES string of the molecule is CCC(O[Si](C)(C)C)(c1cc(F)c(C(=O)c2ccc(Cl)cc2)c(C(=O)OC(C)(C)C)c1)C1CCOCC1. The van der Waals surface area contributed by atoms with Gasteiger partial charge in [0.05, 0.1) is 16.7 Å². The van der Waals surface area contributed by atoms with E-state index in [1.165, 1.54) is 18.2 Å². The van der Waals surface area contributed by atoms with E-state index in [-0.39, 0.29) is 22.6 Å². The number of esters is 1. The fourth-order valence-electron chi connectivity index (χ4n) is 4.97. The molecule has 2 aromatic carbocycles. The summed E-state index contributed by atoms with van der Waals surface area (Å²) < 4.78 is 34.2. The van der Waals surface area contributed by atoms with Crippen LogP contribution < -0.4 is 0 Å². The van der Waals surface area contributed by atoms with Crippen LogP contribution in [0, 0.1) is 11.7 Å². The minimum atomic E-state index is -2.13. The number of hydrogen-bond donors (Lipinski definition) is 0. The molecule has 202 valence electrons. The van der Waals surface area contributed by atoms with Crippen molar-refractivity contribution in [2.75, 3.05) is 13.2 Å². The Morgan fingerprint density at radius 2 is 1.68 bits per heavy atom. The first-order valence-corrected chi connectivity index (χ1v) is 16.6. The maximum atomic E-state index is 16.1. The lowest BCUT2D eigenvalue weighted by Gasteiger charge is -2.46. The quantitative estimate of drug-likeness (QED) is 0.193. The predicted molar refractivity (Wildman–Crippen MR) is 146 cm³/mol. The standard InChI is InChI=1S/C29H38ClFO5Si/c1-8-29(36-37(5,6)7,20-13-15-34-16-14-20)21-17-23(27(33)35-28(2,3)4)25(24(31)18-21)26(32)19-9-11-22(30)12-10-19/h9-12,17-18,20H,8,13-16H2,1-7H3. The van der Waals surface area contributed by atoms with E-state index < -0.39 is 37.1 Å². The fraction of sp³-hybridized carbons (Fsp3) is 0.517. The van der Waals surface area contributed by atoms with E-state index >= 15 is 4.39 Å². The maximum absolute atomic E-state index is 16.1. The van der Waals surface area contributed by atoms with Crippen molar-refractivity contribution >= 4 is 31.7 Å². The molecule has 5 nitrogen and oxygen atoms in total. The summed E-state index contributed by atoms with van der Waals surface area (Å²) in [5.74, 6) is -2.07. The van der Waals surface area contributed by atoms with E-state index in [1.54, 1.807) is 39.0 Å². The molecule has 0 aromatic heterocycles. The van der Waals surface area contributed by atoms with E-state index in [0.29, 0.717) is 30.2 Å². The van der Waals surface area contributed by atoms with Crippen LogP contribution in [0.25, 0.3) is 0 Å². The largest absolute Gasteiger partial charge is 0.456 e. The molecule has 0 radical (unpaired) electrons. The normalized spacial score (nSPS) is 16.8. The van der Waals surface area contributed by atoms with Gasteiger partial charge >= 0.3 is 5.97 Å². The van der Waals surface area contributed by atoms with Gasteiger partial charge in [0.1, 0.15) is 11.4 Å². The fourth-order valence-corrected chi connectivity index (χ4v) is 6.62. The first-order valence-electron chi connectivity index (χ1n) is 12.8. The van der Waals surface area contributed by atoms with Crippen molar-refractivity contribution in [1.82, 2.24) is 0 Å². The molecule has 0 aliphatic carbocycles. The van der Waals surface area contributed by atoms with Gasteiger partial charge in [-0.05, 0) is 108 Å². The number of carbonyl (C=O) groups is 2. The van der Waals surface area contributed by atoms with Gasteiger partial charge in [-0.15, -0.1) is 0 Å². The minimum Gasteiger partial charge on any atom is -0.456 e. The second-order valence-corrected chi connectivity index (χ2v) is 16.4. The van der Waals surface area contributed by atoms with Crippen LogP contribution >= 0.6 is 11.6 Å². The second kappa shape index (κ2) is 11.4. The monoisotopic (exact) mass is 548 g/mol. The zero-order valence-corrected chi connectivity index (χ0v) is 24.6. The topological polar surface area (TPSA) is 61.8 Å². The average Bonchev–Trinajstić information content (AvgIpc) is 2.81. The number of ether oxygens (including phenoxy) is 2. The summed E-state index contributed by atoms with van der Waals surface area (Å²) in [5, 5.41) is 0.451. The van der Waals surface area contributed by atoms with Gasteiger partial charge in [-0.1, -0.05) is 18.5 Å². The number of hydrogen-bond acceptors (Lipinski definition) is 5. The molecule has 0 N–H and O–H groups in total. The average molecular weight is 549 g/mol. The van der Waals surface area contributed by atoms with Gasteiger partial charge in [-0.2, -0.15) is 0 Å². The Morgan fingerprint density at radius 1 is 1.08 bits per heavy atom. The van der Waals surface area contributed by atoms with Crippen LogP contribution in [-0.2, 0) is 19.5 Å². The second-order valence-electron chi connectivity index (χ2n) is 11.6. The molecule has 0 bridgehead atoms. The maximum Gasteiger partial charge on any atom is 0.339 e. The van der Waals surface area contributed by atoms with Crippen molar-refractivity contribution in [3.63, 3.8) is 0 Å². The van der Waals surface area contributed by atoms with Gasteiger partial charge in [0, 0.05) is 23.8 Å². The lowest BCUT2D eigenvalue weighted by molar-refractivity contribution is -0.0601. The zero-order chi connectivity index (χ0) is 27.6. The van der Waals surface area contributed by atoms with E-state index in [1.807, 2.05) is 6.92 Å². The van der Waals surface area contributed by atoms with Crippen LogP contribution in [0.3, 0.4) is 0 Å². The Morgan fingerprint density at radius 3 is 2.19 bits per heavy atom. The van der Waals surface area contributed by atoms with Crippen molar-refractivity contribution in [1.29, 1.82) is 0 Å². The van der Waals surface area contributed by atoms with Gasteiger partial charge in [0.2, 0.25) is 0 Å². The Hall–Kier alpha value is -2.06. The van der Waals surface area contributed by atoms with Crippen molar-refractivity contribution < 1.29 is 27.9 Å². The van der Waals surface area contributed by atoms with E-state index in [9.17, 15) is 9.59 Å². The molecule has 1 unspecified atom stereocenters. The summed E-state index contributed by atoms with van der Waals surface area (Å²) in [6.45, 7) is 14.7.